The van der Waals surface area contributed by atoms with E-state index in [9.17, 15) is 0 Å². The van der Waals surface area contributed by atoms with Crippen molar-refractivity contribution in [2.45, 2.75) is 0 Å². The molecule has 1 rings (SSSR count). The summed E-state index contributed by atoms with van der Waals surface area (Å²) in [6.07, 6.45) is 0. The van der Waals surface area contributed by atoms with E-state index < -0.39 is 20.6 Å². The fraction of sp³-hybridized carbons (Fsp3) is 0.250. The van der Waals surface area contributed by atoms with E-state index in [0.29, 0.717) is 0 Å². The molecule has 0 saturated carbocycles. The number of benzene rings is 1. The van der Waals surface area contributed by atoms with Crippen LogP contribution in [0.2, 0.25) is 0 Å². The van der Waals surface area contributed by atoms with Crippen LogP contribution in [0.4, 0.5) is 0 Å². The zero-order valence-corrected chi connectivity index (χ0v) is 10.1. The van der Waals surface area contributed by atoms with Crippen molar-refractivity contribution in [1.82, 2.24) is 0 Å². The molecule has 60 valence electrons. The summed E-state index contributed by atoms with van der Waals surface area (Å²) >= 11 is -2.22. The standard InChI is InChI=1S/C6H5.2CH3O.Sn.H/c1-2-4-6-5-3-1;2*1-2;;/h1-5H;2*1H3;;/q;2*-1;+2;. The van der Waals surface area contributed by atoms with Crippen LogP contribution in [-0.2, 0) is 6.15 Å². The second-order valence-corrected chi connectivity index (χ2v) is 8.70. The molecule has 11 heavy (non-hydrogen) atoms. The molecule has 0 aliphatic carbocycles. The summed E-state index contributed by atoms with van der Waals surface area (Å²) in [6.45, 7) is 0. The third kappa shape index (κ3) is 2.47. The van der Waals surface area contributed by atoms with Crippen LogP contribution in [0.1, 0.15) is 0 Å². The molecule has 0 N–H and O–H groups in total. The summed E-state index contributed by atoms with van der Waals surface area (Å²) < 4.78 is 11.8. The molecule has 1 aromatic rings. The first-order valence-electron chi connectivity index (χ1n) is 3.49. The third-order valence-electron chi connectivity index (χ3n) is 1.50. The van der Waals surface area contributed by atoms with Crippen LogP contribution in [0.15, 0.2) is 30.3 Å². The molecule has 3 heteroatoms. The molecule has 2 nitrogen and oxygen atoms in total. The van der Waals surface area contributed by atoms with Gasteiger partial charge in [0.2, 0.25) is 0 Å². The fourth-order valence-electron chi connectivity index (χ4n) is 0.979. The van der Waals surface area contributed by atoms with E-state index >= 15 is 0 Å². The average Bonchev–Trinajstić information content (AvgIpc) is 2.09. The summed E-state index contributed by atoms with van der Waals surface area (Å²) in [6, 6.07) is 10.1. The second kappa shape index (κ2) is 4.74. The molecule has 0 atom stereocenters. The summed E-state index contributed by atoms with van der Waals surface area (Å²) in [7, 11) is 3.44. The Labute approximate surface area is 75.0 Å². The van der Waals surface area contributed by atoms with Crippen molar-refractivity contribution >= 4 is 24.2 Å². The Hall–Kier alpha value is -0.0613. The van der Waals surface area contributed by atoms with Gasteiger partial charge >= 0.3 is 74.9 Å². The molecule has 0 fully saturated rings. The van der Waals surface area contributed by atoms with Crippen molar-refractivity contribution in [3.8, 4) is 0 Å². The van der Waals surface area contributed by atoms with Crippen LogP contribution >= 0.6 is 0 Å². The molecule has 0 aliphatic heterocycles. The van der Waals surface area contributed by atoms with Crippen molar-refractivity contribution in [2.24, 2.45) is 0 Å². The first kappa shape index (κ1) is 9.03. The second-order valence-electron chi connectivity index (χ2n) is 2.21. The number of hydrogen-bond donors (Lipinski definition) is 0. The minimum absolute atomic E-state index is 1.25. The van der Waals surface area contributed by atoms with Crippen molar-refractivity contribution in [2.75, 3.05) is 14.2 Å². The van der Waals surface area contributed by atoms with Gasteiger partial charge in [0, 0.05) is 0 Å². The zero-order valence-electron chi connectivity index (χ0n) is 6.78. The first-order chi connectivity index (χ1) is 5.38. The van der Waals surface area contributed by atoms with Crippen LogP contribution in [0, 0.1) is 0 Å². The Balaban J connectivity index is 2.74. The predicted molar refractivity (Wildman–Crippen MR) is 47.2 cm³/mol. The molecule has 0 radical (unpaired) electrons. The van der Waals surface area contributed by atoms with E-state index in [1.165, 1.54) is 3.58 Å². The van der Waals surface area contributed by atoms with Crippen molar-refractivity contribution in [1.29, 1.82) is 0 Å². The van der Waals surface area contributed by atoms with E-state index in [2.05, 4.69) is 12.1 Å². The van der Waals surface area contributed by atoms with E-state index in [1.54, 1.807) is 14.2 Å². The topological polar surface area (TPSA) is 18.5 Å². The van der Waals surface area contributed by atoms with Gasteiger partial charge in [-0.3, -0.25) is 0 Å². The Kier molecular flexibility index (Phi) is 3.89. The van der Waals surface area contributed by atoms with Gasteiger partial charge < -0.3 is 0 Å². The summed E-state index contributed by atoms with van der Waals surface area (Å²) in [5, 5.41) is 0. The summed E-state index contributed by atoms with van der Waals surface area (Å²) in [5.74, 6) is 0. The molecule has 0 saturated heterocycles. The van der Waals surface area contributed by atoms with Gasteiger partial charge in [-0.05, 0) is 0 Å². The predicted octanol–water partition coefficient (Wildman–Crippen LogP) is 0.407. The van der Waals surface area contributed by atoms with E-state index in [1.807, 2.05) is 18.2 Å². The number of rotatable bonds is 3. The Bertz CT molecular complexity index is 197. The van der Waals surface area contributed by atoms with Crippen LogP contribution in [0.25, 0.3) is 0 Å². The van der Waals surface area contributed by atoms with Crippen molar-refractivity contribution in [3.05, 3.63) is 30.3 Å². The molecule has 0 bridgehead atoms. The van der Waals surface area contributed by atoms with E-state index in [4.69, 9.17) is 6.15 Å². The van der Waals surface area contributed by atoms with Gasteiger partial charge in [-0.25, -0.2) is 0 Å². The van der Waals surface area contributed by atoms with Gasteiger partial charge in [0.15, 0.2) is 0 Å². The van der Waals surface area contributed by atoms with Gasteiger partial charge in [-0.1, -0.05) is 0 Å². The minimum atomic E-state index is -2.22. The van der Waals surface area contributed by atoms with Gasteiger partial charge in [-0.15, -0.1) is 0 Å². The van der Waals surface area contributed by atoms with E-state index in [0.717, 1.165) is 0 Å². The molecular weight excluding hydrogens is 247 g/mol. The molecule has 0 heterocycles. The molecule has 0 aromatic heterocycles. The van der Waals surface area contributed by atoms with Crippen molar-refractivity contribution in [3.63, 3.8) is 0 Å². The van der Waals surface area contributed by atoms with Crippen LogP contribution in [0.3, 0.4) is 0 Å². The van der Waals surface area contributed by atoms with Gasteiger partial charge in [0.05, 0.1) is 0 Å². The summed E-state index contributed by atoms with van der Waals surface area (Å²) in [4.78, 5) is 0. The molecular formula is C8H12O2Sn. The Morgan fingerprint density at radius 1 is 1.00 bits per heavy atom. The molecule has 1 aromatic carbocycles. The average molecular weight is 259 g/mol. The molecule has 0 spiro atoms. The van der Waals surface area contributed by atoms with Gasteiger partial charge in [0.25, 0.3) is 0 Å². The number of hydrogen-bond acceptors (Lipinski definition) is 2. The summed E-state index contributed by atoms with van der Waals surface area (Å²) in [5.41, 5.74) is 0. The van der Waals surface area contributed by atoms with Crippen LogP contribution < -0.4 is 3.58 Å². The molecule has 0 unspecified atom stereocenters. The maximum atomic E-state index is 5.27. The quantitative estimate of drug-likeness (QED) is 0.732. The van der Waals surface area contributed by atoms with Crippen LogP contribution in [-0.4, -0.2) is 34.8 Å². The van der Waals surface area contributed by atoms with E-state index in [-0.39, 0.29) is 0 Å². The monoisotopic (exact) mass is 260 g/mol. The SMILES string of the molecule is C[O][SnH]([O]C)[c]1ccccc1. The zero-order chi connectivity index (χ0) is 8.10. The first-order valence-corrected chi connectivity index (χ1v) is 7.83. The normalized spacial score (nSPS) is 10.5. The molecule has 0 amide bonds. The van der Waals surface area contributed by atoms with Gasteiger partial charge in [0.1, 0.15) is 0 Å². The molecule has 0 aliphatic rings. The Morgan fingerprint density at radius 3 is 2.00 bits per heavy atom. The Morgan fingerprint density at radius 2 is 1.55 bits per heavy atom. The maximum absolute atomic E-state index is 5.27. The third-order valence-corrected chi connectivity index (χ3v) is 6.60. The van der Waals surface area contributed by atoms with Crippen LogP contribution in [0.5, 0.6) is 0 Å². The van der Waals surface area contributed by atoms with Gasteiger partial charge in [-0.2, -0.15) is 0 Å². The van der Waals surface area contributed by atoms with Crippen molar-refractivity contribution < 1.29 is 6.15 Å². The fourth-order valence-corrected chi connectivity index (χ4v) is 4.61.